The predicted octanol–water partition coefficient (Wildman–Crippen LogP) is 3.64. The molecule has 18 heavy (non-hydrogen) atoms. The maximum atomic E-state index is 6.16. The zero-order valence-corrected chi connectivity index (χ0v) is 11.9. The summed E-state index contributed by atoms with van der Waals surface area (Å²) in [5.74, 6) is 0. The smallest absolute Gasteiger partial charge is 0.0473 e. The van der Waals surface area contributed by atoms with Crippen LogP contribution in [-0.4, -0.2) is 4.57 Å². The van der Waals surface area contributed by atoms with Crippen LogP contribution in [0.15, 0.2) is 41.0 Å². The molecular formula is C15H17BrN2. The summed E-state index contributed by atoms with van der Waals surface area (Å²) in [6, 6.07) is 10.9. The van der Waals surface area contributed by atoms with E-state index in [9.17, 15) is 0 Å². The molecule has 0 saturated carbocycles. The largest absolute Gasteiger partial charge is 0.347 e. The van der Waals surface area contributed by atoms with Crippen molar-refractivity contribution in [1.82, 2.24) is 4.57 Å². The number of benzene rings is 1. The summed E-state index contributed by atoms with van der Waals surface area (Å²) in [6.45, 7) is 0.932. The third-order valence-corrected chi connectivity index (χ3v) is 4.18. The van der Waals surface area contributed by atoms with E-state index in [1.807, 2.05) is 0 Å². The molecule has 3 heteroatoms. The minimum atomic E-state index is 0.234. The second-order valence-corrected chi connectivity index (χ2v) is 5.89. The Morgan fingerprint density at radius 3 is 3.06 bits per heavy atom. The lowest BCUT2D eigenvalue weighted by atomic mass is 9.93. The molecule has 3 rings (SSSR count). The summed E-state index contributed by atoms with van der Waals surface area (Å²) in [5, 5.41) is 0. The van der Waals surface area contributed by atoms with Gasteiger partial charge < -0.3 is 10.3 Å². The molecule has 0 fully saturated rings. The lowest BCUT2D eigenvalue weighted by Crippen LogP contribution is -2.18. The van der Waals surface area contributed by atoms with E-state index in [2.05, 4.69) is 57.0 Å². The number of hydrogen-bond donors (Lipinski definition) is 1. The third-order valence-electron chi connectivity index (χ3n) is 3.68. The van der Waals surface area contributed by atoms with Gasteiger partial charge in [-0.15, -0.1) is 0 Å². The molecule has 0 amide bonds. The average molecular weight is 305 g/mol. The van der Waals surface area contributed by atoms with Crippen molar-refractivity contribution in [3.8, 4) is 0 Å². The van der Waals surface area contributed by atoms with Crippen LogP contribution in [0.1, 0.15) is 35.7 Å². The van der Waals surface area contributed by atoms with E-state index >= 15 is 0 Å². The van der Waals surface area contributed by atoms with Gasteiger partial charge in [-0.1, -0.05) is 28.1 Å². The zero-order chi connectivity index (χ0) is 12.5. The molecule has 0 bridgehead atoms. The minimum Gasteiger partial charge on any atom is -0.347 e. The Hall–Kier alpha value is -1.06. The molecule has 1 atom stereocenters. The zero-order valence-electron chi connectivity index (χ0n) is 10.3. The minimum absolute atomic E-state index is 0.234. The molecule has 1 aliphatic rings. The molecule has 2 aromatic rings. The molecule has 1 aliphatic carbocycles. The van der Waals surface area contributed by atoms with Gasteiger partial charge in [-0.3, -0.25) is 0 Å². The Morgan fingerprint density at radius 1 is 1.33 bits per heavy atom. The van der Waals surface area contributed by atoms with Crippen molar-refractivity contribution in [1.29, 1.82) is 0 Å². The van der Waals surface area contributed by atoms with Gasteiger partial charge in [0.15, 0.2) is 0 Å². The van der Waals surface area contributed by atoms with Crippen molar-refractivity contribution in [3.05, 3.63) is 57.8 Å². The number of nitrogens with zero attached hydrogens (tertiary/aromatic N) is 1. The number of nitrogens with two attached hydrogens (primary N) is 1. The molecule has 0 radical (unpaired) electrons. The number of aromatic nitrogens is 1. The van der Waals surface area contributed by atoms with Crippen molar-refractivity contribution in [2.45, 2.75) is 31.8 Å². The van der Waals surface area contributed by atoms with Crippen LogP contribution in [0.5, 0.6) is 0 Å². The van der Waals surface area contributed by atoms with Crippen LogP contribution in [0.2, 0.25) is 0 Å². The molecule has 0 spiro atoms. The van der Waals surface area contributed by atoms with E-state index in [-0.39, 0.29) is 6.04 Å². The number of halogens is 1. The molecule has 2 nitrogen and oxygen atoms in total. The second kappa shape index (κ2) is 4.90. The maximum Gasteiger partial charge on any atom is 0.0473 e. The highest BCUT2D eigenvalue weighted by Crippen LogP contribution is 2.29. The topological polar surface area (TPSA) is 30.9 Å². The summed E-state index contributed by atoms with van der Waals surface area (Å²) in [6.07, 6.45) is 5.66. The molecule has 1 unspecified atom stereocenters. The van der Waals surface area contributed by atoms with Crippen molar-refractivity contribution < 1.29 is 0 Å². The lowest BCUT2D eigenvalue weighted by molar-refractivity contribution is 0.548. The lowest BCUT2D eigenvalue weighted by Gasteiger charge is -2.21. The molecule has 1 aromatic carbocycles. The van der Waals surface area contributed by atoms with E-state index in [1.165, 1.54) is 23.2 Å². The number of rotatable bonds is 2. The van der Waals surface area contributed by atoms with Crippen LogP contribution < -0.4 is 5.73 Å². The van der Waals surface area contributed by atoms with Crippen LogP contribution in [-0.2, 0) is 13.0 Å². The van der Waals surface area contributed by atoms with Crippen molar-refractivity contribution >= 4 is 15.9 Å². The quantitative estimate of drug-likeness (QED) is 0.902. The standard InChI is InChI=1S/C15H17BrN2/c16-12-4-1-3-11(9-12)10-18-8-7-13-14(17)5-2-6-15(13)18/h1,3-4,7-9,14H,2,5-6,10,17H2. The van der Waals surface area contributed by atoms with Crippen LogP contribution in [0, 0.1) is 0 Å². The van der Waals surface area contributed by atoms with Crippen molar-refractivity contribution in [2.75, 3.05) is 0 Å². The molecular weight excluding hydrogens is 288 g/mol. The van der Waals surface area contributed by atoms with Gasteiger partial charge >= 0.3 is 0 Å². The maximum absolute atomic E-state index is 6.16. The third kappa shape index (κ3) is 2.25. The normalized spacial score (nSPS) is 18.7. The molecule has 0 saturated heterocycles. The van der Waals surface area contributed by atoms with E-state index in [0.29, 0.717) is 0 Å². The first-order valence-electron chi connectivity index (χ1n) is 6.42. The molecule has 94 valence electrons. The molecule has 1 aromatic heterocycles. The van der Waals surface area contributed by atoms with Gasteiger partial charge in [0, 0.05) is 29.0 Å². The van der Waals surface area contributed by atoms with Crippen molar-refractivity contribution in [2.24, 2.45) is 5.73 Å². The predicted molar refractivity (Wildman–Crippen MR) is 77.5 cm³/mol. The van der Waals surface area contributed by atoms with Crippen LogP contribution in [0.25, 0.3) is 0 Å². The van der Waals surface area contributed by atoms with Gasteiger partial charge in [-0.05, 0) is 48.6 Å². The first-order chi connectivity index (χ1) is 8.74. The Balaban J connectivity index is 1.90. The summed E-state index contributed by atoms with van der Waals surface area (Å²) >= 11 is 3.52. The summed E-state index contributed by atoms with van der Waals surface area (Å²) in [7, 11) is 0. The number of hydrogen-bond acceptors (Lipinski definition) is 1. The highest BCUT2D eigenvalue weighted by Gasteiger charge is 2.19. The Bertz CT molecular complexity index is 559. The monoisotopic (exact) mass is 304 g/mol. The first kappa shape index (κ1) is 12.0. The average Bonchev–Trinajstić information content (AvgIpc) is 2.74. The second-order valence-electron chi connectivity index (χ2n) is 4.97. The van der Waals surface area contributed by atoms with E-state index in [1.54, 1.807) is 0 Å². The van der Waals surface area contributed by atoms with Gasteiger partial charge in [0.25, 0.3) is 0 Å². The van der Waals surface area contributed by atoms with Gasteiger partial charge in [0.05, 0.1) is 0 Å². The fourth-order valence-corrected chi connectivity index (χ4v) is 3.22. The Morgan fingerprint density at radius 2 is 2.22 bits per heavy atom. The van der Waals surface area contributed by atoms with Gasteiger partial charge in [0.1, 0.15) is 0 Å². The summed E-state index contributed by atoms with van der Waals surface area (Å²) in [4.78, 5) is 0. The van der Waals surface area contributed by atoms with E-state index in [4.69, 9.17) is 5.73 Å². The van der Waals surface area contributed by atoms with Crippen LogP contribution >= 0.6 is 15.9 Å². The van der Waals surface area contributed by atoms with Gasteiger partial charge in [0.2, 0.25) is 0 Å². The Labute approximate surface area is 116 Å². The van der Waals surface area contributed by atoms with Gasteiger partial charge in [-0.25, -0.2) is 0 Å². The fourth-order valence-electron chi connectivity index (χ4n) is 2.77. The summed E-state index contributed by atoms with van der Waals surface area (Å²) < 4.78 is 3.48. The fraction of sp³-hybridized carbons (Fsp3) is 0.333. The molecule has 2 N–H and O–H groups in total. The highest BCUT2D eigenvalue weighted by molar-refractivity contribution is 9.10. The van der Waals surface area contributed by atoms with Crippen LogP contribution in [0.3, 0.4) is 0 Å². The van der Waals surface area contributed by atoms with E-state index in [0.717, 1.165) is 23.9 Å². The SMILES string of the molecule is NC1CCCc2c1ccn2Cc1cccc(Br)c1. The molecule has 1 heterocycles. The Kier molecular flexibility index (Phi) is 3.27. The summed E-state index contributed by atoms with van der Waals surface area (Å²) in [5.41, 5.74) is 10.2. The number of fused-ring (bicyclic) bond motifs is 1. The first-order valence-corrected chi connectivity index (χ1v) is 7.21. The van der Waals surface area contributed by atoms with Gasteiger partial charge in [-0.2, -0.15) is 0 Å². The van der Waals surface area contributed by atoms with Crippen LogP contribution in [0.4, 0.5) is 0 Å². The van der Waals surface area contributed by atoms with Crippen molar-refractivity contribution in [3.63, 3.8) is 0 Å². The molecule has 0 aliphatic heterocycles. The van der Waals surface area contributed by atoms with E-state index < -0.39 is 0 Å². The highest BCUT2D eigenvalue weighted by atomic mass is 79.9.